The highest BCUT2D eigenvalue weighted by Gasteiger charge is 2.41. The smallest absolute Gasteiger partial charge is 0.408 e. The number of ether oxygens (including phenoxy) is 7. The number of hydrogen-bond donors (Lipinski definition) is 5. The topological polar surface area (TPSA) is 253 Å². The third-order valence-corrected chi connectivity index (χ3v) is 23.4. The Kier molecular flexibility index (Phi) is 30.1. The molecule has 5 atom stereocenters. The first-order valence-electron chi connectivity index (χ1n) is 35.0. The van der Waals surface area contributed by atoms with Crippen LogP contribution in [0.25, 0.3) is 11.1 Å². The molecule has 5 N–H and O–H groups in total. The predicted octanol–water partition coefficient (Wildman–Crippen LogP) is 14.7. The van der Waals surface area contributed by atoms with Gasteiger partial charge in [-0.3, -0.25) is 9.59 Å². The van der Waals surface area contributed by atoms with E-state index in [1.54, 1.807) is 46.8 Å². The van der Waals surface area contributed by atoms with Crippen molar-refractivity contribution >= 4 is 58.4 Å². The molecule has 0 saturated heterocycles. The average Bonchev–Trinajstić information content (AvgIpc) is 0.802. The van der Waals surface area contributed by atoms with Gasteiger partial charge in [0, 0.05) is 33.9 Å². The number of nitrogens with one attached hydrogen (secondary N) is 5. The van der Waals surface area contributed by atoms with Crippen molar-refractivity contribution in [2.75, 3.05) is 13.2 Å². The van der Waals surface area contributed by atoms with Gasteiger partial charge in [-0.15, -0.1) is 0 Å². The van der Waals surface area contributed by atoms with Crippen LogP contribution in [0, 0.1) is 5.92 Å². The lowest BCUT2D eigenvalue weighted by Crippen LogP contribution is -2.58. The van der Waals surface area contributed by atoms with Crippen LogP contribution in [0.1, 0.15) is 101 Å². The lowest BCUT2D eigenvalue weighted by atomic mass is 9.94. The third kappa shape index (κ3) is 27.8. The molecule has 7 aromatic rings. The van der Waals surface area contributed by atoms with E-state index in [1.165, 1.54) is 0 Å². The molecular weight excluding hydrogens is 1340 g/mol. The van der Waals surface area contributed by atoms with E-state index in [2.05, 4.69) is 46.2 Å². The Balaban J connectivity index is 1.33. The number of carbonyl (C=O) groups is 7. The van der Waals surface area contributed by atoms with Crippen LogP contribution < -0.4 is 36.1 Å². The van der Waals surface area contributed by atoms with Crippen LogP contribution in [-0.2, 0) is 93.2 Å². The number of benzene rings is 7. The van der Waals surface area contributed by atoms with Gasteiger partial charge in [-0.2, -0.15) is 0 Å². The minimum absolute atomic E-state index is 0.0122. The van der Waals surface area contributed by atoms with Gasteiger partial charge >= 0.3 is 30.2 Å². The highest BCUT2D eigenvalue weighted by atomic mass is 28.4. The molecule has 22 heteroatoms. The summed E-state index contributed by atoms with van der Waals surface area (Å²) in [5.41, 5.74) is 5.11. The van der Waals surface area contributed by atoms with Gasteiger partial charge in [0.05, 0.1) is 12.7 Å². The molecule has 0 saturated carbocycles. The first kappa shape index (κ1) is 80.5. The van der Waals surface area contributed by atoms with Gasteiger partial charge in [-0.1, -0.05) is 218 Å². The average molecular weight is 1440 g/mol. The van der Waals surface area contributed by atoms with E-state index < -0.39 is 100 Å². The van der Waals surface area contributed by atoms with Crippen molar-refractivity contribution in [3.8, 4) is 22.6 Å². The number of amides is 5. The lowest BCUT2D eigenvalue weighted by Gasteiger charge is -2.40. The summed E-state index contributed by atoms with van der Waals surface area (Å²) < 4.78 is 49.0. The van der Waals surface area contributed by atoms with E-state index in [4.69, 9.17) is 37.6 Å². The Morgan fingerprint density at radius 3 is 1.29 bits per heavy atom. The molecule has 550 valence electrons. The van der Waals surface area contributed by atoms with Gasteiger partial charge in [-0.25, -0.2) is 24.0 Å². The summed E-state index contributed by atoms with van der Waals surface area (Å²) in [4.78, 5) is 101. The molecule has 7 aromatic carbocycles. The molecule has 0 aliphatic carbocycles. The van der Waals surface area contributed by atoms with E-state index in [9.17, 15) is 24.0 Å². The molecule has 5 amide bonds. The third-order valence-electron chi connectivity index (χ3n) is 17.2. The molecule has 0 aliphatic heterocycles. The van der Waals surface area contributed by atoms with Crippen molar-refractivity contribution in [3.63, 3.8) is 0 Å². The monoisotopic (exact) mass is 1440 g/mol. The molecule has 0 unspecified atom stereocenters. The summed E-state index contributed by atoms with van der Waals surface area (Å²) in [6.07, 6.45) is -4.05. The number of esters is 2. The molecular formula is C81H103N5O15Si2. The molecule has 20 nitrogen and oxygen atoms in total. The molecule has 0 fully saturated rings. The van der Waals surface area contributed by atoms with Crippen molar-refractivity contribution in [3.05, 3.63) is 227 Å². The molecule has 0 heterocycles. The van der Waals surface area contributed by atoms with Crippen molar-refractivity contribution in [2.45, 2.75) is 187 Å². The van der Waals surface area contributed by atoms with Crippen molar-refractivity contribution in [1.29, 1.82) is 0 Å². The Bertz CT molecular complexity index is 3870. The zero-order chi connectivity index (χ0) is 74.7. The van der Waals surface area contributed by atoms with E-state index in [1.807, 2.05) is 210 Å². The minimum Gasteiger partial charge on any atom is -0.489 e. The zero-order valence-corrected chi connectivity index (χ0v) is 63.8. The summed E-state index contributed by atoms with van der Waals surface area (Å²) in [6, 6.07) is 52.7. The highest BCUT2D eigenvalue weighted by Crippen LogP contribution is 2.38. The van der Waals surface area contributed by atoms with Crippen LogP contribution in [0.2, 0.25) is 43.8 Å². The number of carbonyl (C=O) groups excluding carboxylic acids is 7. The Hall–Kier alpha value is -9.78. The van der Waals surface area contributed by atoms with E-state index in [-0.39, 0.29) is 70.5 Å². The van der Waals surface area contributed by atoms with Crippen LogP contribution in [0.4, 0.5) is 14.4 Å². The first-order valence-corrected chi connectivity index (χ1v) is 41.6. The van der Waals surface area contributed by atoms with E-state index in [0.29, 0.717) is 39.8 Å². The maximum absolute atomic E-state index is 15.6. The summed E-state index contributed by atoms with van der Waals surface area (Å²) in [5, 5.41) is 13.9. The maximum Gasteiger partial charge on any atom is 0.408 e. The van der Waals surface area contributed by atoms with Crippen molar-refractivity contribution in [1.82, 2.24) is 26.6 Å². The molecule has 0 radical (unpaired) electrons. The van der Waals surface area contributed by atoms with Gasteiger partial charge in [0.1, 0.15) is 74.3 Å². The van der Waals surface area contributed by atoms with E-state index >= 15 is 9.59 Å². The number of rotatable bonds is 35. The van der Waals surface area contributed by atoms with Gasteiger partial charge in [-0.05, 0) is 125 Å². The zero-order valence-electron chi connectivity index (χ0n) is 61.8. The number of alkyl carbamates (subject to hydrolysis) is 3. The largest absolute Gasteiger partial charge is 0.489 e. The first-order chi connectivity index (χ1) is 48.9. The fraction of sp³-hybridized carbons (Fsp3) is 0.395. The van der Waals surface area contributed by atoms with Crippen LogP contribution in [0.15, 0.2) is 188 Å². The molecule has 0 aliphatic rings. The SMILES string of the molecule is CC(C)[C@H](NC(=O)[C@H](Cc1cc(-c2ccc(OCc3ccccc3)c(C[C@H](NC(=O)OCc3ccccc3)C(=O)OCC[Si](C)(C)C)c2)ccc1OCc1ccccc1)NC(=O)[C@H](C[C@H](CNC(=O)OCc1ccccc1)O[Si](C)(C)C(C)(C)C)NC(=O)OC(C)(C)C)C(=O)OCc1ccccc1. The molecule has 0 bridgehead atoms. The summed E-state index contributed by atoms with van der Waals surface area (Å²) in [5.74, 6) is -2.76. The van der Waals surface area contributed by atoms with Gasteiger partial charge in [0.15, 0.2) is 8.32 Å². The van der Waals surface area contributed by atoms with Crippen molar-refractivity contribution < 1.29 is 71.1 Å². The highest BCUT2D eigenvalue weighted by molar-refractivity contribution is 6.76. The van der Waals surface area contributed by atoms with Gasteiger partial charge in [0.2, 0.25) is 11.8 Å². The Labute approximate surface area is 609 Å². The molecule has 7 rings (SSSR count). The van der Waals surface area contributed by atoms with Crippen LogP contribution >= 0.6 is 0 Å². The summed E-state index contributed by atoms with van der Waals surface area (Å²) in [7, 11) is -4.41. The second kappa shape index (κ2) is 38.5. The quantitative estimate of drug-likeness (QED) is 0.0141. The Morgan fingerprint density at radius 2 is 0.854 bits per heavy atom. The second-order valence-electron chi connectivity index (χ2n) is 29.6. The number of hydrogen-bond acceptors (Lipinski definition) is 15. The van der Waals surface area contributed by atoms with Crippen LogP contribution in [-0.4, -0.2) is 107 Å². The van der Waals surface area contributed by atoms with E-state index in [0.717, 1.165) is 27.8 Å². The fourth-order valence-electron chi connectivity index (χ4n) is 10.4. The predicted molar refractivity (Wildman–Crippen MR) is 403 cm³/mol. The molecule has 0 spiro atoms. The van der Waals surface area contributed by atoms with Crippen LogP contribution in [0.5, 0.6) is 11.5 Å². The maximum atomic E-state index is 15.6. The van der Waals surface area contributed by atoms with Gasteiger partial charge < -0.3 is 64.2 Å². The summed E-state index contributed by atoms with van der Waals surface area (Å²) in [6.45, 7) is 25.4. The second-order valence-corrected chi connectivity index (χ2v) is 40.0. The molecule has 0 aromatic heterocycles. The fourth-order valence-corrected chi connectivity index (χ4v) is 12.5. The van der Waals surface area contributed by atoms with Crippen LogP contribution in [0.3, 0.4) is 0 Å². The molecule has 103 heavy (non-hydrogen) atoms. The Morgan fingerprint density at radius 1 is 0.437 bits per heavy atom. The normalized spacial score (nSPS) is 13.1. The summed E-state index contributed by atoms with van der Waals surface area (Å²) >= 11 is 0. The standard InChI is InChI=1S/C81H103N5O15Si2/c1-56(2)72(76(90)97-53-59-33-23-16-24-34-59)86-74(88)67(83-73(87)68(84-79(93)100-80(3,4)5)49-66(101-103(12,13)81(6,7)8)50-82-77(91)98-54-60-35-25-17-26-36-60)47-64-45-62(39-41-70(64)95-51-57-29-19-14-20-30-57)63-40-42-71(96-52-58-31-21-15-22-32-58)65(46-63)48-69(75(89)94-43-44-102(9,10)11)85-78(92)99-55-61-37-27-18-28-38-61/h14-42,45-46,56,66-69,72H,43-44,47-55H2,1-13H3,(H,82,91)(H,83,87)(H,84,93)(H,85,92)(H,86,88)/t66-,67+,68+,69+,72+/m1/s1. The van der Waals surface area contributed by atoms with Gasteiger partial charge in [0.25, 0.3) is 0 Å². The van der Waals surface area contributed by atoms with Crippen molar-refractivity contribution in [2.24, 2.45) is 5.92 Å². The minimum atomic E-state index is -2.74. The lowest BCUT2D eigenvalue weighted by molar-refractivity contribution is -0.150.